The topological polar surface area (TPSA) is 89.6 Å². The van der Waals surface area contributed by atoms with Gasteiger partial charge in [0.15, 0.2) is 5.82 Å². The predicted molar refractivity (Wildman–Crippen MR) is 77.6 cm³/mol. The number of hydrogen-bond donors (Lipinski definition) is 2. The molecular formula is C14H14N4O2. The van der Waals surface area contributed by atoms with Gasteiger partial charge in [-0.05, 0) is 18.2 Å². The van der Waals surface area contributed by atoms with Crippen molar-refractivity contribution >= 4 is 23.7 Å². The quantitative estimate of drug-likeness (QED) is 0.503. The maximum atomic E-state index is 11.6. The summed E-state index contributed by atoms with van der Waals surface area (Å²) in [6.45, 7) is 0. The van der Waals surface area contributed by atoms with Crippen molar-refractivity contribution in [2.75, 3.05) is 18.3 Å². The Labute approximate surface area is 116 Å². The molecule has 1 aromatic heterocycles. The third kappa shape index (κ3) is 3.11. The second kappa shape index (κ2) is 6.33. The van der Waals surface area contributed by atoms with E-state index < -0.39 is 5.97 Å². The summed E-state index contributed by atoms with van der Waals surface area (Å²) < 4.78 is 4.71. The van der Waals surface area contributed by atoms with E-state index in [9.17, 15) is 4.79 Å². The van der Waals surface area contributed by atoms with E-state index in [4.69, 9.17) is 10.5 Å². The molecule has 0 aliphatic carbocycles. The van der Waals surface area contributed by atoms with Crippen LogP contribution in [-0.4, -0.2) is 24.3 Å². The number of nitrogens with zero attached hydrogens (tertiary/aromatic N) is 2. The predicted octanol–water partition coefficient (Wildman–Crippen LogP) is 1.90. The van der Waals surface area contributed by atoms with Gasteiger partial charge in [-0.1, -0.05) is 18.2 Å². The fourth-order valence-electron chi connectivity index (χ4n) is 1.58. The van der Waals surface area contributed by atoms with Gasteiger partial charge >= 0.3 is 5.97 Å². The molecule has 0 aliphatic heterocycles. The maximum Gasteiger partial charge on any atom is 0.338 e. The van der Waals surface area contributed by atoms with Crippen molar-refractivity contribution in [2.45, 2.75) is 0 Å². The van der Waals surface area contributed by atoms with Crippen molar-refractivity contribution in [3.63, 3.8) is 0 Å². The first kappa shape index (κ1) is 13.5. The van der Waals surface area contributed by atoms with Gasteiger partial charge in [-0.25, -0.2) is 9.78 Å². The molecule has 2 aromatic rings. The summed E-state index contributed by atoms with van der Waals surface area (Å²) in [6.07, 6.45) is 3.12. The van der Waals surface area contributed by atoms with Crippen molar-refractivity contribution < 1.29 is 9.53 Å². The zero-order chi connectivity index (χ0) is 14.4. The zero-order valence-corrected chi connectivity index (χ0v) is 10.9. The minimum atomic E-state index is -0.413. The Kier molecular flexibility index (Phi) is 4.28. The molecule has 6 heteroatoms. The molecule has 20 heavy (non-hydrogen) atoms. The van der Waals surface area contributed by atoms with Crippen LogP contribution in [0.15, 0.2) is 47.7 Å². The van der Waals surface area contributed by atoms with Gasteiger partial charge in [0, 0.05) is 11.8 Å². The second-order valence-electron chi connectivity index (χ2n) is 3.89. The molecule has 1 heterocycles. The average molecular weight is 270 g/mol. The molecule has 3 N–H and O–H groups in total. The Bertz CT molecular complexity index is 641. The van der Waals surface area contributed by atoms with Gasteiger partial charge in [-0.3, -0.25) is 5.43 Å². The number of nitrogens with one attached hydrogen (secondary N) is 1. The van der Waals surface area contributed by atoms with Crippen LogP contribution in [0.25, 0.3) is 0 Å². The molecule has 0 saturated carbocycles. The molecule has 0 bridgehead atoms. The second-order valence-corrected chi connectivity index (χ2v) is 3.89. The Balaban J connectivity index is 2.16. The van der Waals surface area contributed by atoms with Gasteiger partial charge in [-0.2, -0.15) is 5.10 Å². The summed E-state index contributed by atoms with van der Waals surface area (Å²) in [5.74, 6) is 0.0451. The highest BCUT2D eigenvalue weighted by Crippen LogP contribution is 2.13. The number of ether oxygens (including phenoxy) is 1. The van der Waals surface area contributed by atoms with E-state index in [0.717, 1.165) is 0 Å². The number of esters is 1. The molecule has 0 amide bonds. The van der Waals surface area contributed by atoms with Gasteiger partial charge in [0.05, 0.1) is 24.6 Å². The molecule has 1 aromatic carbocycles. The monoisotopic (exact) mass is 270 g/mol. The number of methoxy groups -OCH3 is 1. The van der Waals surface area contributed by atoms with E-state index in [2.05, 4.69) is 15.5 Å². The van der Waals surface area contributed by atoms with Crippen LogP contribution in [0.5, 0.6) is 0 Å². The highest BCUT2D eigenvalue weighted by atomic mass is 16.5. The molecule has 0 fully saturated rings. The Morgan fingerprint density at radius 1 is 1.35 bits per heavy atom. The van der Waals surface area contributed by atoms with E-state index in [1.807, 2.05) is 6.07 Å². The number of rotatable bonds is 4. The van der Waals surface area contributed by atoms with E-state index in [-0.39, 0.29) is 0 Å². The van der Waals surface area contributed by atoms with Crippen LogP contribution in [0.4, 0.5) is 11.5 Å². The van der Waals surface area contributed by atoms with Crippen molar-refractivity contribution in [1.29, 1.82) is 0 Å². The van der Waals surface area contributed by atoms with Crippen LogP contribution in [0.1, 0.15) is 15.9 Å². The van der Waals surface area contributed by atoms with Crippen molar-refractivity contribution in [3.05, 3.63) is 53.7 Å². The standard InChI is InChI=1S/C14H14N4O2/c1-20-14(19)11-6-3-2-5-10(11)9-17-18-13-12(15)7-4-8-16-13/h2-9H,15H2,1H3,(H,16,18)/b17-9+. The summed E-state index contributed by atoms with van der Waals surface area (Å²) in [5, 5.41) is 4.02. The number of hydrazone groups is 1. The van der Waals surface area contributed by atoms with Gasteiger partial charge in [0.1, 0.15) is 0 Å². The molecule has 0 atom stereocenters. The molecule has 6 nitrogen and oxygen atoms in total. The van der Waals surface area contributed by atoms with Gasteiger partial charge in [0.25, 0.3) is 0 Å². The van der Waals surface area contributed by atoms with Crippen molar-refractivity contribution in [1.82, 2.24) is 4.98 Å². The molecule has 0 aliphatic rings. The lowest BCUT2D eigenvalue weighted by Gasteiger charge is -2.04. The van der Waals surface area contributed by atoms with E-state index in [1.165, 1.54) is 13.3 Å². The maximum absolute atomic E-state index is 11.6. The minimum Gasteiger partial charge on any atom is -0.465 e. The van der Waals surface area contributed by atoms with Crippen LogP contribution in [0.3, 0.4) is 0 Å². The number of benzene rings is 1. The first-order valence-electron chi connectivity index (χ1n) is 5.89. The zero-order valence-electron chi connectivity index (χ0n) is 10.9. The largest absolute Gasteiger partial charge is 0.465 e. The fraction of sp³-hybridized carbons (Fsp3) is 0.0714. The summed E-state index contributed by atoms with van der Waals surface area (Å²) >= 11 is 0. The highest BCUT2D eigenvalue weighted by Gasteiger charge is 2.08. The lowest BCUT2D eigenvalue weighted by molar-refractivity contribution is 0.0600. The smallest absolute Gasteiger partial charge is 0.338 e. The molecule has 0 unspecified atom stereocenters. The average Bonchev–Trinajstić information content (AvgIpc) is 2.49. The Hall–Kier alpha value is -2.89. The Morgan fingerprint density at radius 3 is 2.90 bits per heavy atom. The molecular weight excluding hydrogens is 256 g/mol. The summed E-state index contributed by atoms with van der Waals surface area (Å²) in [5.41, 5.74) is 10.0. The fourth-order valence-corrected chi connectivity index (χ4v) is 1.58. The highest BCUT2D eigenvalue weighted by molar-refractivity contribution is 5.99. The van der Waals surface area contributed by atoms with Crippen LogP contribution in [0.2, 0.25) is 0 Å². The number of anilines is 2. The SMILES string of the molecule is COC(=O)c1ccccc1/C=N/Nc1ncccc1N. The van der Waals surface area contributed by atoms with Gasteiger partial charge < -0.3 is 10.5 Å². The summed E-state index contributed by atoms with van der Waals surface area (Å²) in [7, 11) is 1.34. The molecule has 0 radical (unpaired) electrons. The van der Waals surface area contributed by atoms with E-state index in [1.54, 1.807) is 36.5 Å². The normalized spacial score (nSPS) is 10.4. The number of carbonyl (C=O) groups is 1. The summed E-state index contributed by atoms with van der Waals surface area (Å²) in [4.78, 5) is 15.6. The lowest BCUT2D eigenvalue weighted by atomic mass is 10.1. The van der Waals surface area contributed by atoms with E-state index in [0.29, 0.717) is 22.6 Å². The number of carbonyl (C=O) groups excluding carboxylic acids is 1. The number of pyridine rings is 1. The lowest BCUT2D eigenvalue weighted by Crippen LogP contribution is -2.05. The van der Waals surface area contributed by atoms with Crippen LogP contribution in [-0.2, 0) is 4.74 Å². The molecule has 0 spiro atoms. The van der Waals surface area contributed by atoms with Crippen LogP contribution in [0, 0.1) is 0 Å². The first-order valence-corrected chi connectivity index (χ1v) is 5.89. The van der Waals surface area contributed by atoms with E-state index >= 15 is 0 Å². The number of aromatic nitrogens is 1. The molecule has 2 rings (SSSR count). The number of hydrogen-bond acceptors (Lipinski definition) is 6. The third-order valence-electron chi connectivity index (χ3n) is 2.58. The third-order valence-corrected chi connectivity index (χ3v) is 2.58. The molecule has 102 valence electrons. The van der Waals surface area contributed by atoms with Crippen molar-refractivity contribution in [2.24, 2.45) is 5.10 Å². The van der Waals surface area contributed by atoms with Crippen LogP contribution >= 0.6 is 0 Å². The molecule has 0 saturated heterocycles. The number of nitrogen functional groups attached to an aromatic ring is 1. The van der Waals surface area contributed by atoms with Gasteiger partial charge in [0.2, 0.25) is 0 Å². The first-order chi connectivity index (χ1) is 9.72. The minimum absolute atomic E-state index is 0.413. The van der Waals surface area contributed by atoms with Crippen molar-refractivity contribution in [3.8, 4) is 0 Å². The van der Waals surface area contributed by atoms with Crippen LogP contribution < -0.4 is 11.2 Å². The van der Waals surface area contributed by atoms with Gasteiger partial charge in [-0.15, -0.1) is 0 Å². The summed E-state index contributed by atoms with van der Waals surface area (Å²) in [6, 6.07) is 10.4. The number of nitrogens with two attached hydrogens (primary N) is 1. The Morgan fingerprint density at radius 2 is 2.15 bits per heavy atom.